The van der Waals surface area contributed by atoms with E-state index in [1.165, 1.54) is 24.8 Å². The van der Waals surface area contributed by atoms with E-state index < -0.39 is 5.97 Å². The number of rotatable bonds is 8. The Kier molecular flexibility index (Phi) is 7.67. The first-order valence-corrected chi connectivity index (χ1v) is 9.37. The first-order chi connectivity index (χ1) is 13.0. The van der Waals surface area contributed by atoms with Crippen molar-refractivity contribution in [3.05, 3.63) is 52.0 Å². The Hall–Kier alpha value is -2.54. The number of benzene rings is 2. The monoisotopic (exact) mass is 435 g/mol. The van der Waals surface area contributed by atoms with E-state index in [-0.39, 0.29) is 29.3 Å². The molecule has 0 bridgehead atoms. The topological polar surface area (TPSA) is 84.9 Å². The van der Waals surface area contributed by atoms with E-state index in [0.29, 0.717) is 13.0 Å². The number of ether oxygens (including phenoxy) is 2. The van der Waals surface area contributed by atoms with E-state index in [1.54, 1.807) is 6.07 Å². The molecule has 0 aromatic heterocycles. The van der Waals surface area contributed by atoms with Crippen LogP contribution in [0.3, 0.4) is 0 Å². The zero-order valence-electron chi connectivity index (χ0n) is 15.3. The number of nitrogens with one attached hydrogen (secondary N) is 1. The van der Waals surface area contributed by atoms with Crippen molar-refractivity contribution in [2.24, 2.45) is 0 Å². The van der Waals surface area contributed by atoms with E-state index in [2.05, 4.69) is 32.9 Å². The van der Waals surface area contributed by atoms with Crippen molar-refractivity contribution < 1.29 is 24.2 Å². The summed E-state index contributed by atoms with van der Waals surface area (Å²) in [7, 11) is 1.22. The Balaban J connectivity index is 1.84. The highest BCUT2D eigenvalue weighted by atomic mass is 79.9. The highest BCUT2D eigenvalue weighted by molar-refractivity contribution is 9.10. The molecule has 0 spiro atoms. The van der Waals surface area contributed by atoms with Gasteiger partial charge in [0.25, 0.3) is 0 Å². The van der Waals surface area contributed by atoms with Crippen LogP contribution in [0.15, 0.2) is 40.9 Å². The molecule has 2 N–H and O–H groups in total. The minimum Gasteiger partial charge on any atom is -0.505 e. The van der Waals surface area contributed by atoms with E-state index in [0.717, 1.165) is 16.6 Å². The summed E-state index contributed by atoms with van der Waals surface area (Å²) in [4.78, 5) is 23.6. The summed E-state index contributed by atoms with van der Waals surface area (Å²) in [5, 5.41) is 12.7. The van der Waals surface area contributed by atoms with E-state index in [9.17, 15) is 14.7 Å². The van der Waals surface area contributed by atoms with Crippen LogP contribution in [0.25, 0.3) is 0 Å². The Morgan fingerprint density at radius 2 is 2.00 bits per heavy atom. The van der Waals surface area contributed by atoms with Gasteiger partial charge in [-0.2, -0.15) is 0 Å². The zero-order chi connectivity index (χ0) is 19.8. The summed E-state index contributed by atoms with van der Waals surface area (Å²) in [6, 6.07) is 10.4. The summed E-state index contributed by atoms with van der Waals surface area (Å²) >= 11 is 3.48. The van der Waals surface area contributed by atoms with Crippen molar-refractivity contribution >= 4 is 33.5 Å². The minimum atomic E-state index is -0.670. The molecule has 0 saturated heterocycles. The number of esters is 1. The van der Waals surface area contributed by atoms with Crippen molar-refractivity contribution in [3.63, 3.8) is 0 Å². The molecule has 27 heavy (non-hydrogen) atoms. The number of carbonyl (C=O) groups excluding carboxylic acids is 2. The van der Waals surface area contributed by atoms with Gasteiger partial charge in [0.2, 0.25) is 5.91 Å². The molecule has 6 nitrogen and oxygen atoms in total. The molecule has 0 unspecified atom stereocenters. The highest BCUT2D eigenvalue weighted by Crippen LogP contribution is 2.28. The van der Waals surface area contributed by atoms with Crippen molar-refractivity contribution in [1.82, 2.24) is 0 Å². The number of hydrogen-bond donors (Lipinski definition) is 2. The van der Waals surface area contributed by atoms with Crippen LogP contribution in [0, 0.1) is 0 Å². The second-order valence-electron chi connectivity index (χ2n) is 5.81. The van der Waals surface area contributed by atoms with Gasteiger partial charge < -0.3 is 19.9 Å². The number of carbonyl (C=O) groups is 2. The molecule has 2 rings (SSSR count). The smallest absolute Gasteiger partial charge is 0.341 e. The number of phenolic OH excluding ortho intramolecular Hbond substituents is 1. The summed E-state index contributed by atoms with van der Waals surface area (Å²) in [5.41, 5.74) is 1.38. The van der Waals surface area contributed by atoms with Gasteiger partial charge >= 0.3 is 5.97 Å². The lowest BCUT2D eigenvalue weighted by atomic mass is 10.1. The maximum Gasteiger partial charge on any atom is 0.341 e. The second-order valence-corrected chi connectivity index (χ2v) is 6.67. The van der Waals surface area contributed by atoms with Crippen molar-refractivity contribution in [2.75, 3.05) is 19.0 Å². The maximum absolute atomic E-state index is 12.1. The van der Waals surface area contributed by atoms with Crippen molar-refractivity contribution in [2.45, 2.75) is 26.2 Å². The molecule has 0 atom stereocenters. The Morgan fingerprint density at radius 3 is 2.67 bits per heavy atom. The molecule has 2 aromatic rings. The number of anilines is 1. The molecule has 7 heteroatoms. The lowest BCUT2D eigenvalue weighted by Gasteiger charge is -2.11. The second kappa shape index (κ2) is 9.97. The van der Waals surface area contributed by atoms with Gasteiger partial charge in [-0.15, -0.1) is 0 Å². The number of amides is 1. The molecule has 1 amide bonds. The van der Waals surface area contributed by atoms with Crippen LogP contribution >= 0.6 is 15.9 Å². The summed E-state index contributed by atoms with van der Waals surface area (Å²) in [5.74, 6) is -0.530. The standard InChI is InChI=1S/C20H22BrNO5/c1-3-13-9-10-17(15(21)12-13)27-11-5-8-18(23)22-16-7-4-6-14(19(16)24)20(25)26-2/h4,6-7,9-10,12,24H,3,5,8,11H2,1-2H3,(H,22,23). The van der Waals surface area contributed by atoms with E-state index >= 15 is 0 Å². The van der Waals surface area contributed by atoms with Crippen LogP contribution in [0.1, 0.15) is 35.7 Å². The van der Waals surface area contributed by atoms with Crippen LogP contribution < -0.4 is 10.1 Å². The van der Waals surface area contributed by atoms with Gasteiger partial charge in [0, 0.05) is 6.42 Å². The molecule has 0 fully saturated rings. The first kappa shape index (κ1) is 20.8. The molecule has 144 valence electrons. The predicted molar refractivity (Wildman–Crippen MR) is 106 cm³/mol. The van der Waals surface area contributed by atoms with Gasteiger partial charge in [-0.3, -0.25) is 4.79 Å². The van der Waals surface area contributed by atoms with Gasteiger partial charge in [-0.05, 0) is 58.6 Å². The van der Waals surface area contributed by atoms with Gasteiger partial charge in [-0.1, -0.05) is 19.1 Å². The summed E-state index contributed by atoms with van der Waals surface area (Å²) in [6.07, 6.45) is 1.67. The van der Waals surface area contributed by atoms with Gasteiger partial charge in [-0.25, -0.2) is 4.79 Å². The first-order valence-electron chi connectivity index (χ1n) is 8.57. The van der Waals surface area contributed by atoms with Crippen LogP contribution in [0.5, 0.6) is 11.5 Å². The number of aryl methyl sites for hydroxylation is 1. The van der Waals surface area contributed by atoms with Gasteiger partial charge in [0.15, 0.2) is 5.75 Å². The average molecular weight is 436 g/mol. The van der Waals surface area contributed by atoms with Crippen LogP contribution in [-0.2, 0) is 16.0 Å². The molecule has 2 aromatic carbocycles. The van der Waals surface area contributed by atoms with E-state index in [4.69, 9.17) is 4.74 Å². The number of aromatic hydroxyl groups is 1. The molecule has 0 heterocycles. The van der Waals surface area contributed by atoms with Crippen molar-refractivity contribution in [1.29, 1.82) is 0 Å². The molecule has 0 aliphatic heterocycles. The van der Waals surface area contributed by atoms with Crippen LogP contribution in [-0.4, -0.2) is 30.7 Å². The van der Waals surface area contributed by atoms with Crippen molar-refractivity contribution in [3.8, 4) is 11.5 Å². The normalized spacial score (nSPS) is 10.3. The molecule has 0 radical (unpaired) electrons. The Bertz CT molecular complexity index is 822. The lowest BCUT2D eigenvalue weighted by Crippen LogP contribution is -2.14. The number of phenols is 1. The van der Waals surface area contributed by atoms with Gasteiger partial charge in [0.05, 0.1) is 23.9 Å². The minimum absolute atomic E-state index is 0.000917. The molecule has 0 aliphatic carbocycles. The fraction of sp³-hybridized carbons (Fsp3) is 0.300. The van der Waals surface area contributed by atoms with Gasteiger partial charge in [0.1, 0.15) is 11.3 Å². The lowest BCUT2D eigenvalue weighted by molar-refractivity contribution is -0.116. The molecular formula is C20H22BrNO5. The number of para-hydroxylation sites is 1. The third-order valence-corrected chi connectivity index (χ3v) is 4.55. The fourth-order valence-electron chi connectivity index (χ4n) is 2.43. The van der Waals surface area contributed by atoms with Crippen LogP contribution in [0.4, 0.5) is 5.69 Å². The Morgan fingerprint density at radius 1 is 1.22 bits per heavy atom. The maximum atomic E-state index is 12.1. The molecular weight excluding hydrogens is 414 g/mol. The zero-order valence-corrected chi connectivity index (χ0v) is 16.8. The van der Waals surface area contributed by atoms with Crippen LogP contribution in [0.2, 0.25) is 0 Å². The fourth-order valence-corrected chi connectivity index (χ4v) is 2.97. The SMILES string of the molecule is CCc1ccc(OCCCC(=O)Nc2cccc(C(=O)OC)c2O)c(Br)c1. The molecule has 0 aliphatic rings. The quantitative estimate of drug-likeness (QED) is 0.366. The highest BCUT2D eigenvalue weighted by Gasteiger charge is 2.15. The number of halogens is 1. The number of methoxy groups -OCH3 is 1. The molecule has 0 saturated carbocycles. The third-order valence-electron chi connectivity index (χ3n) is 3.93. The summed E-state index contributed by atoms with van der Waals surface area (Å²) < 4.78 is 11.2. The Labute approximate surface area is 166 Å². The van der Waals surface area contributed by atoms with E-state index in [1.807, 2.05) is 18.2 Å². The predicted octanol–water partition coefficient (Wildman–Crippen LogP) is 4.30. The average Bonchev–Trinajstić information content (AvgIpc) is 2.67. The number of hydrogen-bond acceptors (Lipinski definition) is 5. The third kappa shape index (κ3) is 5.72. The largest absolute Gasteiger partial charge is 0.505 e. The summed E-state index contributed by atoms with van der Waals surface area (Å²) in [6.45, 7) is 2.46.